The van der Waals surface area contributed by atoms with E-state index in [1.807, 2.05) is 0 Å². The highest BCUT2D eigenvalue weighted by molar-refractivity contribution is 7.32. The van der Waals surface area contributed by atoms with E-state index in [-0.39, 0.29) is 5.82 Å². The number of fused-ring (bicyclic) bond motifs is 1. The van der Waals surface area contributed by atoms with Crippen LogP contribution in [0.25, 0.3) is 11.2 Å². The van der Waals surface area contributed by atoms with Crippen molar-refractivity contribution in [2.75, 3.05) is 12.3 Å². The molecule has 2 aromatic heterocycles. The first-order chi connectivity index (χ1) is 10.5. The van der Waals surface area contributed by atoms with Gasteiger partial charge >= 0.3 is 8.25 Å². The minimum atomic E-state index is -3.30. The van der Waals surface area contributed by atoms with Crippen molar-refractivity contribution >= 4 is 25.2 Å². The Morgan fingerprint density at radius 3 is 2.91 bits per heavy atom. The van der Waals surface area contributed by atoms with E-state index in [1.165, 1.54) is 17.2 Å². The summed E-state index contributed by atoms with van der Waals surface area (Å²) in [6.07, 6.45) is -1.82. The zero-order valence-corrected chi connectivity index (χ0v) is 12.1. The van der Waals surface area contributed by atoms with Crippen LogP contribution in [-0.4, -0.2) is 59.5 Å². The Bertz CT molecular complexity index is 710. The lowest BCUT2D eigenvalue weighted by atomic mass is 10.1. The summed E-state index contributed by atoms with van der Waals surface area (Å²) in [6, 6.07) is 0. The van der Waals surface area contributed by atoms with Crippen LogP contribution in [0.3, 0.4) is 0 Å². The predicted octanol–water partition coefficient (Wildman–Crippen LogP) is -1.57. The maximum absolute atomic E-state index is 10.9. The van der Waals surface area contributed by atoms with Gasteiger partial charge in [0.25, 0.3) is 0 Å². The van der Waals surface area contributed by atoms with Crippen LogP contribution in [0.15, 0.2) is 12.7 Å². The van der Waals surface area contributed by atoms with Gasteiger partial charge in [-0.3, -0.25) is 9.13 Å². The van der Waals surface area contributed by atoms with Crippen LogP contribution in [0.4, 0.5) is 5.82 Å². The Morgan fingerprint density at radius 1 is 1.45 bits per heavy atom. The first kappa shape index (κ1) is 15.3. The number of aromatic nitrogens is 4. The molecule has 1 fully saturated rings. The standard InChI is InChI=1S/C10H14N5O6P/c11-8-5-9(13-2-12-8)15(3-14-5)10-6(17)7(21-22(18)19)4(1-16)20-10/h2-4,6-7,10,16-17,22H,1H2,(H,18,19)(H2,11,12,13). The fraction of sp³-hybridized carbons (Fsp3) is 0.500. The third kappa shape index (κ3) is 2.47. The van der Waals surface area contributed by atoms with E-state index in [4.69, 9.17) is 19.9 Å². The molecule has 3 heterocycles. The summed E-state index contributed by atoms with van der Waals surface area (Å²) in [6.45, 7) is -0.489. The molecule has 0 aliphatic carbocycles. The second-order valence-electron chi connectivity index (χ2n) is 4.67. The molecule has 12 heteroatoms. The van der Waals surface area contributed by atoms with E-state index >= 15 is 0 Å². The summed E-state index contributed by atoms with van der Waals surface area (Å²) in [5.74, 6) is 0.170. The maximum Gasteiger partial charge on any atom is 0.317 e. The van der Waals surface area contributed by atoms with Gasteiger partial charge in [0.1, 0.15) is 30.2 Å². The largest absolute Gasteiger partial charge is 0.394 e. The lowest BCUT2D eigenvalue weighted by Crippen LogP contribution is -2.34. The quantitative estimate of drug-likeness (QED) is 0.480. The van der Waals surface area contributed by atoms with Gasteiger partial charge < -0.3 is 30.1 Å². The highest BCUT2D eigenvalue weighted by Crippen LogP contribution is 2.36. The number of nitrogen functional groups attached to an aromatic ring is 1. The molecule has 1 aliphatic heterocycles. The summed E-state index contributed by atoms with van der Waals surface area (Å²) in [5, 5.41) is 19.6. The number of ether oxygens (including phenoxy) is 1. The smallest absolute Gasteiger partial charge is 0.317 e. The molecule has 11 nitrogen and oxygen atoms in total. The molecule has 0 amide bonds. The van der Waals surface area contributed by atoms with E-state index in [0.717, 1.165) is 0 Å². The molecule has 0 aromatic carbocycles. The molecule has 22 heavy (non-hydrogen) atoms. The van der Waals surface area contributed by atoms with Crippen LogP contribution in [0.1, 0.15) is 6.23 Å². The van der Waals surface area contributed by atoms with Gasteiger partial charge in [0.15, 0.2) is 17.7 Å². The highest BCUT2D eigenvalue weighted by Gasteiger charge is 2.46. The van der Waals surface area contributed by atoms with Crippen LogP contribution in [-0.2, 0) is 13.8 Å². The summed E-state index contributed by atoms with van der Waals surface area (Å²) < 4.78 is 22.5. The number of nitrogens with two attached hydrogens (primary N) is 1. The van der Waals surface area contributed by atoms with E-state index in [0.29, 0.717) is 11.2 Å². The maximum atomic E-state index is 10.9. The lowest BCUT2D eigenvalue weighted by Gasteiger charge is -2.18. The molecular formula is C10H14N5O6P. The third-order valence-electron chi connectivity index (χ3n) is 3.39. The van der Waals surface area contributed by atoms with E-state index in [1.54, 1.807) is 0 Å². The molecule has 0 spiro atoms. The highest BCUT2D eigenvalue weighted by atomic mass is 31.1. The molecular weight excluding hydrogens is 317 g/mol. The predicted molar refractivity (Wildman–Crippen MR) is 72.8 cm³/mol. The van der Waals surface area contributed by atoms with Crippen molar-refractivity contribution in [1.29, 1.82) is 0 Å². The van der Waals surface area contributed by atoms with Crippen molar-refractivity contribution in [3.05, 3.63) is 12.7 Å². The topological polar surface area (TPSA) is 166 Å². The molecule has 0 bridgehead atoms. The number of aliphatic hydroxyl groups excluding tert-OH is 2. The summed E-state index contributed by atoms with van der Waals surface area (Å²) >= 11 is 0. The van der Waals surface area contributed by atoms with Crippen molar-refractivity contribution in [2.24, 2.45) is 0 Å². The van der Waals surface area contributed by atoms with Crippen LogP contribution in [0, 0.1) is 0 Å². The summed E-state index contributed by atoms with van der Waals surface area (Å²) in [7, 11) is -3.30. The molecule has 0 radical (unpaired) electrons. The Hall–Kier alpha value is -1.62. The fourth-order valence-electron chi connectivity index (χ4n) is 2.41. The first-order valence-corrected chi connectivity index (χ1v) is 7.56. The molecule has 2 aromatic rings. The number of nitrogens with zero attached hydrogens (tertiary/aromatic N) is 4. The van der Waals surface area contributed by atoms with Crippen molar-refractivity contribution in [3.8, 4) is 0 Å². The van der Waals surface area contributed by atoms with Crippen LogP contribution in [0.5, 0.6) is 0 Å². The first-order valence-electron chi connectivity index (χ1n) is 6.30. The fourth-order valence-corrected chi connectivity index (χ4v) is 2.94. The van der Waals surface area contributed by atoms with Crippen molar-refractivity contribution in [1.82, 2.24) is 19.5 Å². The number of anilines is 1. The molecule has 3 rings (SSSR count). The zero-order chi connectivity index (χ0) is 15.9. The van der Waals surface area contributed by atoms with E-state index in [2.05, 4.69) is 15.0 Å². The Labute approximate surface area is 124 Å². The van der Waals surface area contributed by atoms with Gasteiger partial charge in [0.05, 0.1) is 12.9 Å². The molecule has 5 unspecified atom stereocenters. The molecule has 1 aliphatic rings. The average Bonchev–Trinajstić information content (AvgIpc) is 3.02. The van der Waals surface area contributed by atoms with Crippen LogP contribution >= 0.6 is 8.25 Å². The van der Waals surface area contributed by atoms with Gasteiger partial charge in [0, 0.05) is 0 Å². The average molecular weight is 331 g/mol. The number of hydrogen-bond donors (Lipinski definition) is 4. The van der Waals surface area contributed by atoms with Gasteiger partial charge in [-0.2, -0.15) is 0 Å². The van der Waals surface area contributed by atoms with E-state index < -0.39 is 39.4 Å². The van der Waals surface area contributed by atoms with Crippen molar-refractivity contribution < 1.29 is 28.9 Å². The minimum absolute atomic E-state index is 0.170. The molecule has 1 saturated heterocycles. The van der Waals surface area contributed by atoms with Gasteiger partial charge in [-0.1, -0.05) is 0 Å². The summed E-state index contributed by atoms with van der Waals surface area (Å²) in [5.41, 5.74) is 6.34. The van der Waals surface area contributed by atoms with Gasteiger partial charge in [-0.25, -0.2) is 15.0 Å². The molecule has 5 atom stereocenters. The number of rotatable bonds is 4. The minimum Gasteiger partial charge on any atom is -0.394 e. The SMILES string of the molecule is Nc1ncnc2c1ncn2C1OC(CO)C(O[PH](=O)O)C1O. The monoisotopic (exact) mass is 331 g/mol. The second kappa shape index (κ2) is 5.88. The third-order valence-corrected chi connectivity index (χ3v) is 3.86. The van der Waals surface area contributed by atoms with Crippen LogP contribution in [0.2, 0.25) is 0 Å². The second-order valence-corrected chi connectivity index (χ2v) is 5.44. The Morgan fingerprint density at radius 2 is 2.23 bits per heavy atom. The molecule has 0 saturated carbocycles. The number of hydrogen-bond acceptors (Lipinski definition) is 9. The Kier molecular flexibility index (Phi) is 4.08. The molecule has 120 valence electrons. The Balaban J connectivity index is 1.97. The van der Waals surface area contributed by atoms with Gasteiger partial charge in [0.2, 0.25) is 0 Å². The number of aliphatic hydroxyl groups is 2. The summed E-state index contributed by atoms with van der Waals surface area (Å²) in [4.78, 5) is 20.8. The normalized spacial score (nSPS) is 30.0. The van der Waals surface area contributed by atoms with Gasteiger partial charge in [-0.15, -0.1) is 0 Å². The molecule has 5 N–H and O–H groups in total. The zero-order valence-electron chi connectivity index (χ0n) is 11.1. The van der Waals surface area contributed by atoms with Crippen molar-refractivity contribution in [2.45, 2.75) is 24.5 Å². The van der Waals surface area contributed by atoms with Gasteiger partial charge in [-0.05, 0) is 0 Å². The number of imidazole rings is 1. The van der Waals surface area contributed by atoms with Crippen molar-refractivity contribution in [3.63, 3.8) is 0 Å². The van der Waals surface area contributed by atoms with Crippen LogP contribution < -0.4 is 5.73 Å². The van der Waals surface area contributed by atoms with E-state index in [9.17, 15) is 14.8 Å². The lowest BCUT2D eigenvalue weighted by molar-refractivity contribution is -0.0504.